The second-order valence-corrected chi connectivity index (χ2v) is 10.5. The number of anilines is 1. The number of benzene rings is 2. The zero-order chi connectivity index (χ0) is 29.5. The van der Waals surface area contributed by atoms with Gasteiger partial charge in [-0.05, 0) is 49.4 Å². The van der Waals surface area contributed by atoms with Crippen molar-refractivity contribution in [3.05, 3.63) is 65.2 Å². The van der Waals surface area contributed by atoms with Crippen LogP contribution in [-0.4, -0.2) is 79.5 Å². The molecule has 11 nitrogen and oxygen atoms in total. The predicted molar refractivity (Wildman–Crippen MR) is 145 cm³/mol. The number of amides is 1. The molecule has 2 aliphatic heterocycles. The summed E-state index contributed by atoms with van der Waals surface area (Å²) in [5.74, 6) is -4.79. The highest BCUT2D eigenvalue weighted by Gasteiger charge is 2.40. The zero-order valence-corrected chi connectivity index (χ0v) is 22.5. The van der Waals surface area contributed by atoms with Crippen LogP contribution in [0.2, 0.25) is 0 Å². The molecule has 0 bridgehead atoms. The Hall–Kier alpha value is -3.80. The molecule has 2 aromatic carbocycles. The average molecular weight is 557 g/mol. The van der Waals surface area contributed by atoms with Crippen molar-refractivity contribution >= 4 is 29.5 Å². The molecular formula is C29H36N2O9. The Bertz CT molecular complexity index is 1190. The summed E-state index contributed by atoms with van der Waals surface area (Å²) >= 11 is 0. The van der Waals surface area contributed by atoms with E-state index in [2.05, 4.69) is 60.4 Å². The molecule has 0 aromatic heterocycles. The third-order valence-corrected chi connectivity index (χ3v) is 7.29. The van der Waals surface area contributed by atoms with Gasteiger partial charge in [0.05, 0.1) is 18.4 Å². The minimum atomic E-state index is -2.74. The van der Waals surface area contributed by atoms with Crippen molar-refractivity contribution < 1.29 is 44.7 Å². The Kier molecular flexibility index (Phi) is 10.0. The molecule has 0 saturated carbocycles. The fourth-order valence-corrected chi connectivity index (χ4v) is 4.91. The van der Waals surface area contributed by atoms with Crippen molar-refractivity contribution in [2.45, 2.75) is 63.2 Å². The van der Waals surface area contributed by atoms with Crippen LogP contribution in [0.25, 0.3) is 0 Å². The molecule has 0 aliphatic carbocycles. The highest BCUT2D eigenvalue weighted by Crippen LogP contribution is 2.33. The van der Waals surface area contributed by atoms with E-state index < -0.39 is 42.0 Å². The molecule has 0 atom stereocenters. The van der Waals surface area contributed by atoms with Gasteiger partial charge in [-0.2, -0.15) is 0 Å². The highest BCUT2D eigenvalue weighted by molar-refractivity contribution is 5.95. The van der Waals surface area contributed by atoms with E-state index in [1.807, 2.05) is 4.90 Å². The predicted octanol–water partition coefficient (Wildman–Crippen LogP) is 2.36. The van der Waals surface area contributed by atoms with E-state index >= 15 is 0 Å². The summed E-state index contributed by atoms with van der Waals surface area (Å²) in [5.41, 5.74) is 1.08. The van der Waals surface area contributed by atoms with Crippen LogP contribution in [0.15, 0.2) is 48.5 Å². The molecule has 2 fully saturated rings. The van der Waals surface area contributed by atoms with E-state index in [-0.39, 0.29) is 5.91 Å². The number of hydrogen-bond acceptors (Lipinski definition) is 7. The van der Waals surface area contributed by atoms with Crippen LogP contribution >= 0.6 is 0 Å². The van der Waals surface area contributed by atoms with Gasteiger partial charge in [0.1, 0.15) is 0 Å². The monoisotopic (exact) mass is 556 g/mol. The first-order valence-corrected chi connectivity index (χ1v) is 13.1. The number of rotatable bonds is 9. The lowest BCUT2D eigenvalue weighted by atomic mass is 9.84. The van der Waals surface area contributed by atoms with Crippen LogP contribution in [0.1, 0.15) is 55.2 Å². The first-order valence-electron chi connectivity index (χ1n) is 13.1. The van der Waals surface area contributed by atoms with E-state index in [0.29, 0.717) is 6.42 Å². The van der Waals surface area contributed by atoms with Crippen molar-refractivity contribution in [3.63, 3.8) is 0 Å². The minimum absolute atomic E-state index is 0.231. The second kappa shape index (κ2) is 13.0. The molecule has 5 N–H and O–H groups in total. The van der Waals surface area contributed by atoms with Crippen LogP contribution in [0.4, 0.5) is 5.69 Å². The summed E-state index contributed by atoms with van der Waals surface area (Å²) in [4.78, 5) is 46.6. The Labute approximate surface area is 232 Å². The Morgan fingerprint density at radius 1 is 0.875 bits per heavy atom. The van der Waals surface area contributed by atoms with Crippen molar-refractivity contribution in [2.24, 2.45) is 0 Å². The van der Waals surface area contributed by atoms with E-state index in [0.717, 1.165) is 56.7 Å². The molecule has 11 heteroatoms. The molecular weight excluding hydrogens is 520 g/mol. The summed E-state index contributed by atoms with van der Waals surface area (Å²) < 4.78 is 0. The fraction of sp³-hybridized carbons (Fsp3) is 0.448. The van der Waals surface area contributed by atoms with Crippen LogP contribution in [0, 0.1) is 6.92 Å². The van der Waals surface area contributed by atoms with Gasteiger partial charge in [0.15, 0.2) is 5.60 Å². The number of piperidine rings is 1. The number of carboxylic acid groups (broad SMARTS) is 3. The van der Waals surface area contributed by atoms with Crippen molar-refractivity contribution in [2.75, 3.05) is 24.5 Å². The molecule has 0 spiro atoms. The molecule has 1 amide bonds. The molecule has 2 saturated heterocycles. The van der Waals surface area contributed by atoms with Crippen LogP contribution in [0.5, 0.6) is 0 Å². The third kappa shape index (κ3) is 8.10. The Morgan fingerprint density at radius 3 is 1.88 bits per heavy atom. The lowest BCUT2D eigenvalue weighted by Crippen LogP contribution is -2.42. The standard InChI is InChI=1S/C23H28N2O2.C6H8O7/c1-18-4-8-20(9-5-18)23(27)12-15-24(16-13-23)17-19-6-10-21(11-7-19)25-14-2-3-22(25)26;7-3(8)1-6(13,5(11)12)2-4(9)10/h4-11,27H,2-3,12-17H2,1H3;13H,1-2H2,(H,7,8)(H,9,10)(H,11,12). The maximum absolute atomic E-state index is 11.9. The number of carbonyl (C=O) groups excluding carboxylic acids is 1. The average Bonchev–Trinajstić information content (AvgIpc) is 3.31. The van der Waals surface area contributed by atoms with Crippen LogP contribution < -0.4 is 4.90 Å². The maximum Gasteiger partial charge on any atom is 0.336 e. The molecule has 0 unspecified atom stereocenters. The highest BCUT2D eigenvalue weighted by atomic mass is 16.4. The van der Waals surface area contributed by atoms with E-state index in [4.69, 9.17) is 20.4 Å². The normalized spacial score (nSPS) is 17.2. The Morgan fingerprint density at radius 2 is 1.43 bits per heavy atom. The summed E-state index contributed by atoms with van der Waals surface area (Å²) in [7, 11) is 0. The quantitative estimate of drug-likeness (QED) is 0.308. The van der Waals surface area contributed by atoms with Gasteiger partial charge in [-0.15, -0.1) is 0 Å². The number of carbonyl (C=O) groups is 4. The first kappa shape index (κ1) is 30.7. The number of nitrogens with zero attached hydrogens (tertiary/aromatic N) is 2. The topological polar surface area (TPSA) is 176 Å². The lowest BCUT2D eigenvalue weighted by molar-refractivity contribution is -0.170. The van der Waals surface area contributed by atoms with E-state index in [1.165, 1.54) is 11.1 Å². The number of hydrogen-bond donors (Lipinski definition) is 5. The van der Waals surface area contributed by atoms with Gasteiger partial charge in [-0.25, -0.2) is 4.79 Å². The van der Waals surface area contributed by atoms with E-state index in [1.54, 1.807) is 0 Å². The van der Waals surface area contributed by atoms with Gasteiger partial charge < -0.3 is 30.4 Å². The fourth-order valence-electron chi connectivity index (χ4n) is 4.91. The largest absolute Gasteiger partial charge is 0.481 e. The number of aryl methyl sites for hydroxylation is 1. The molecule has 40 heavy (non-hydrogen) atoms. The number of aliphatic hydroxyl groups is 2. The van der Waals surface area contributed by atoms with Gasteiger partial charge in [0.25, 0.3) is 0 Å². The number of carboxylic acids is 3. The van der Waals surface area contributed by atoms with Crippen molar-refractivity contribution in [1.29, 1.82) is 0 Å². The zero-order valence-electron chi connectivity index (χ0n) is 22.5. The molecule has 0 radical (unpaired) electrons. The smallest absolute Gasteiger partial charge is 0.336 e. The van der Waals surface area contributed by atoms with Gasteiger partial charge >= 0.3 is 17.9 Å². The molecule has 2 aliphatic rings. The Balaban J connectivity index is 0.000000289. The molecule has 2 heterocycles. The van der Waals surface area contributed by atoms with Crippen molar-refractivity contribution in [1.82, 2.24) is 4.90 Å². The van der Waals surface area contributed by atoms with Gasteiger partial charge in [-0.1, -0.05) is 42.0 Å². The van der Waals surface area contributed by atoms with Crippen molar-refractivity contribution in [3.8, 4) is 0 Å². The van der Waals surface area contributed by atoms with Gasteiger partial charge in [-0.3, -0.25) is 19.3 Å². The molecule has 4 rings (SSSR count). The lowest BCUT2D eigenvalue weighted by Gasteiger charge is -2.38. The van der Waals surface area contributed by atoms with Gasteiger partial charge in [0, 0.05) is 38.3 Å². The van der Waals surface area contributed by atoms with Gasteiger partial charge in [0.2, 0.25) is 5.91 Å². The summed E-state index contributed by atoms with van der Waals surface area (Å²) in [6.45, 7) is 5.56. The van der Waals surface area contributed by atoms with Crippen LogP contribution in [-0.2, 0) is 31.3 Å². The number of likely N-dealkylation sites (tertiary alicyclic amines) is 1. The second-order valence-electron chi connectivity index (χ2n) is 10.5. The SMILES string of the molecule is Cc1ccc(C2(O)CCN(Cc3ccc(N4CCCC4=O)cc3)CC2)cc1.O=C(O)CC(O)(CC(=O)O)C(=O)O. The first-order chi connectivity index (χ1) is 18.8. The van der Waals surface area contributed by atoms with E-state index in [9.17, 15) is 24.3 Å². The van der Waals surface area contributed by atoms with Crippen LogP contribution in [0.3, 0.4) is 0 Å². The number of aliphatic carboxylic acids is 3. The molecule has 216 valence electrons. The molecule has 2 aromatic rings. The minimum Gasteiger partial charge on any atom is -0.481 e. The maximum atomic E-state index is 11.9. The summed E-state index contributed by atoms with van der Waals surface area (Å²) in [5, 5.41) is 44.8. The summed E-state index contributed by atoms with van der Waals surface area (Å²) in [6.07, 6.45) is 0.855. The summed E-state index contributed by atoms with van der Waals surface area (Å²) in [6, 6.07) is 16.6. The third-order valence-electron chi connectivity index (χ3n) is 7.29.